The number of nitrogens with one attached hydrogen (secondary N) is 1. The first-order valence-electron chi connectivity index (χ1n) is 7.35. The molecule has 1 atom stereocenters. The third kappa shape index (κ3) is 6.80. The van der Waals surface area contributed by atoms with E-state index in [-0.39, 0.29) is 13.2 Å². The molecule has 5 nitrogen and oxygen atoms in total. The molecule has 1 aromatic carbocycles. The van der Waals surface area contributed by atoms with Gasteiger partial charge in [-0.2, -0.15) is 0 Å². The summed E-state index contributed by atoms with van der Waals surface area (Å²) in [4.78, 5) is 0. The number of hydrogen-bond donors (Lipinski definition) is 2. The molecular formula is C16H27NO4. The molecule has 2 N–H and O–H groups in total. The summed E-state index contributed by atoms with van der Waals surface area (Å²) in [5.74, 6) is 1.54. The molecule has 1 unspecified atom stereocenters. The first kappa shape index (κ1) is 17.8. The van der Waals surface area contributed by atoms with Crippen LogP contribution in [-0.2, 0) is 11.3 Å². The molecule has 0 radical (unpaired) electrons. The number of methoxy groups -OCH3 is 1. The molecule has 1 rings (SSSR count). The summed E-state index contributed by atoms with van der Waals surface area (Å²) in [5, 5.41) is 13.1. The number of hydrogen-bond acceptors (Lipinski definition) is 5. The highest BCUT2D eigenvalue weighted by Gasteiger charge is 2.10. The highest BCUT2D eigenvalue weighted by atomic mass is 16.5. The Morgan fingerprint density at radius 2 is 2.00 bits per heavy atom. The lowest BCUT2D eigenvalue weighted by molar-refractivity contribution is 0.0162. The normalized spacial score (nSPS) is 12.5. The lowest BCUT2D eigenvalue weighted by atomic mass is 10.1. The SMILES string of the molecule is CCOCC(O)COc1ccc(OC)cc1CNC(C)C. The van der Waals surface area contributed by atoms with Gasteiger partial charge in [-0.05, 0) is 25.1 Å². The number of ether oxygens (including phenoxy) is 3. The van der Waals surface area contributed by atoms with Gasteiger partial charge in [0.1, 0.15) is 24.2 Å². The lowest BCUT2D eigenvalue weighted by Gasteiger charge is -2.17. The van der Waals surface area contributed by atoms with Crippen LogP contribution in [0.3, 0.4) is 0 Å². The van der Waals surface area contributed by atoms with E-state index in [1.54, 1.807) is 7.11 Å². The second-order valence-electron chi connectivity index (χ2n) is 5.13. The summed E-state index contributed by atoms with van der Waals surface area (Å²) in [6.45, 7) is 7.84. The van der Waals surface area contributed by atoms with E-state index >= 15 is 0 Å². The minimum absolute atomic E-state index is 0.209. The van der Waals surface area contributed by atoms with Crippen molar-refractivity contribution in [1.82, 2.24) is 5.32 Å². The molecule has 0 saturated heterocycles. The fraction of sp³-hybridized carbons (Fsp3) is 0.625. The summed E-state index contributed by atoms with van der Waals surface area (Å²) < 4.78 is 16.1. The van der Waals surface area contributed by atoms with E-state index in [0.29, 0.717) is 19.2 Å². The molecule has 1 aromatic rings. The Labute approximate surface area is 127 Å². The summed E-state index contributed by atoms with van der Waals surface area (Å²) in [5.41, 5.74) is 1.01. The van der Waals surface area contributed by atoms with Crippen LogP contribution in [0.4, 0.5) is 0 Å². The molecule has 5 heteroatoms. The molecular weight excluding hydrogens is 270 g/mol. The topological polar surface area (TPSA) is 60.0 Å². The van der Waals surface area contributed by atoms with E-state index in [2.05, 4.69) is 19.2 Å². The molecule has 0 saturated carbocycles. The second-order valence-corrected chi connectivity index (χ2v) is 5.13. The zero-order chi connectivity index (χ0) is 15.7. The maximum Gasteiger partial charge on any atom is 0.124 e. The molecule has 21 heavy (non-hydrogen) atoms. The third-order valence-corrected chi connectivity index (χ3v) is 2.91. The van der Waals surface area contributed by atoms with Crippen LogP contribution in [0, 0.1) is 0 Å². The van der Waals surface area contributed by atoms with Gasteiger partial charge in [-0.1, -0.05) is 13.8 Å². The standard InChI is InChI=1S/C16H27NO4/c1-5-20-10-14(18)11-21-16-7-6-15(19-4)8-13(16)9-17-12(2)3/h6-8,12,14,17-18H,5,9-11H2,1-4H3. The van der Waals surface area contributed by atoms with Crippen molar-refractivity contribution < 1.29 is 19.3 Å². The van der Waals surface area contributed by atoms with Crippen LogP contribution >= 0.6 is 0 Å². The predicted molar refractivity (Wildman–Crippen MR) is 83.0 cm³/mol. The van der Waals surface area contributed by atoms with Crippen molar-refractivity contribution in [3.8, 4) is 11.5 Å². The van der Waals surface area contributed by atoms with Crippen molar-refractivity contribution >= 4 is 0 Å². The summed E-state index contributed by atoms with van der Waals surface area (Å²) in [6, 6.07) is 6.04. The van der Waals surface area contributed by atoms with Crippen LogP contribution in [0.5, 0.6) is 11.5 Å². The van der Waals surface area contributed by atoms with Gasteiger partial charge in [0.25, 0.3) is 0 Å². The minimum Gasteiger partial charge on any atom is -0.497 e. The van der Waals surface area contributed by atoms with E-state index in [1.807, 2.05) is 25.1 Å². The van der Waals surface area contributed by atoms with Gasteiger partial charge in [0.05, 0.1) is 13.7 Å². The first-order valence-corrected chi connectivity index (χ1v) is 7.35. The highest BCUT2D eigenvalue weighted by Crippen LogP contribution is 2.24. The lowest BCUT2D eigenvalue weighted by Crippen LogP contribution is -2.25. The Kier molecular flexibility index (Phi) is 8.12. The van der Waals surface area contributed by atoms with Crippen LogP contribution < -0.4 is 14.8 Å². The van der Waals surface area contributed by atoms with Gasteiger partial charge in [0, 0.05) is 24.8 Å². The second kappa shape index (κ2) is 9.60. The Morgan fingerprint density at radius 3 is 2.62 bits per heavy atom. The van der Waals surface area contributed by atoms with E-state index in [0.717, 1.165) is 17.1 Å². The maximum absolute atomic E-state index is 9.76. The smallest absolute Gasteiger partial charge is 0.124 e. The number of aliphatic hydroxyl groups excluding tert-OH is 1. The van der Waals surface area contributed by atoms with Gasteiger partial charge < -0.3 is 24.6 Å². The number of rotatable bonds is 10. The van der Waals surface area contributed by atoms with Gasteiger partial charge in [0.15, 0.2) is 0 Å². The van der Waals surface area contributed by atoms with Crippen molar-refractivity contribution in [2.24, 2.45) is 0 Å². The van der Waals surface area contributed by atoms with Gasteiger partial charge >= 0.3 is 0 Å². The van der Waals surface area contributed by atoms with Crippen molar-refractivity contribution in [3.05, 3.63) is 23.8 Å². The first-order chi connectivity index (χ1) is 10.1. The van der Waals surface area contributed by atoms with Crippen LogP contribution in [0.25, 0.3) is 0 Å². The Balaban J connectivity index is 2.66. The van der Waals surface area contributed by atoms with Gasteiger partial charge in [-0.3, -0.25) is 0 Å². The van der Waals surface area contributed by atoms with Crippen molar-refractivity contribution in [2.75, 3.05) is 26.9 Å². The van der Waals surface area contributed by atoms with Gasteiger partial charge in [0.2, 0.25) is 0 Å². The Morgan fingerprint density at radius 1 is 1.24 bits per heavy atom. The fourth-order valence-corrected chi connectivity index (χ4v) is 1.76. The summed E-state index contributed by atoms with van der Waals surface area (Å²) >= 11 is 0. The van der Waals surface area contributed by atoms with Crippen molar-refractivity contribution in [1.29, 1.82) is 0 Å². The molecule has 0 fully saturated rings. The highest BCUT2D eigenvalue weighted by molar-refractivity contribution is 5.40. The monoisotopic (exact) mass is 297 g/mol. The average Bonchev–Trinajstić information content (AvgIpc) is 2.48. The summed E-state index contributed by atoms with van der Waals surface area (Å²) in [7, 11) is 1.64. The third-order valence-electron chi connectivity index (χ3n) is 2.91. The fourth-order valence-electron chi connectivity index (χ4n) is 1.76. The molecule has 0 aliphatic rings. The Hall–Kier alpha value is -1.30. The molecule has 0 spiro atoms. The van der Waals surface area contributed by atoms with E-state index in [4.69, 9.17) is 14.2 Å². The number of aliphatic hydroxyl groups is 1. The van der Waals surface area contributed by atoms with Gasteiger partial charge in [-0.25, -0.2) is 0 Å². The van der Waals surface area contributed by atoms with E-state index < -0.39 is 6.10 Å². The minimum atomic E-state index is -0.627. The average molecular weight is 297 g/mol. The van der Waals surface area contributed by atoms with Crippen LogP contribution in [0.1, 0.15) is 26.3 Å². The molecule has 0 amide bonds. The maximum atomic E-state index is 9.76. The molecule has 0 aromatic heterocycles. The Bertz CT molecular complexity index is 409. The molecule has 0 bridgehead atoms. The molecule has 0 aliphatic carbocycles. The molecule has 0 aliphatic heterocycles. The van der Waals surface area contributed by atoms with E-state index in [1.165, 1.54) is 0 Å². The van der Waals surface area contributed by atoms with Crippen LogP contribution in [0.15, 0.2) is 18.2 Å². The summed E-state index contributed by atoms with van der Waals surface area (Å²) in [6.07, 6.45) is -0.627. The predicted octanol–water partition coefficient (Wildman–Crippen LogP) is 1.97. The van der Waals surface area contributed by atoms with Crippen LogP contribution in [-0.4, -0.2) is 44.2 Å². The number of benzene rings is 1. The largest absolute Gasteiger partial charge is 0.497 e. The molecule has 120 valence electrons. The van der Waals surface area contributed by atoms with Crippen molar-refractivity contribution in [2.45, 2.75) is 39.5 Å². The van der Waals surface area contributed by atoms with Gasteiger partial charge in [-0.15, -0.1) is 0 Å². The zero-order valence-corrected chi connectivity index (χ0v) is 13.4. The van der Waals surface area contributed by atoms with E-state index in [9.17, 15) is 5.11 Å². The quantitative estimate of drug-likeness (QED) is 0.691. The zero-order valence-electron chi connectivity index (χ0n) is 13.4. The molecule has 0 heterocycles. The van der Waals surface area contributed by atoms with Crippen molar-refractivity contribution in [3.63, 3.8) is 0 Å². The van der Waals surface area contributed by atoms with Crippen LogP contribution in [0.2, 0.25) is 0 Å².